The third kappa shape index (κ3) is 4.08. The van der Waals surface area contributed by atoms with E-state index >= 15 is 0 Å². The molecule has 0 aliphatic carbocycles. The van der Waals surface area contributed by atoms with E-state index in [0.717, 1.165) is 34.1 Å². The number of amides is 1. The summed E-state index contributed by atoms with van der Waals surface area (Å²) in [6.07, 6.45) is 0.835. The summed E-state index contributed by atoms with van der Waals surface area (Å²) in [5.41, 5.74) is 4.66. The minimum atomic E-state index is -0.173. The summed E-state index contributed by atoms with van der Waals surface area (Å²) in [7, 11) is 3.22. The van der Waals surface area contributed by atoms with Gasteiger partial charge in [0.2, 0.25) is 0 Å². The number of pyridine rings is 1. The molecule has 0 unspecified atom stereocenters. The molecule has 5 heteroatoms. The molecule has 4 rings (SSSR count). The number of methoxy groups -OCH3 is 2. The van der Waals surface area contributed by atoms with E-state index in [1.807, 2.05) is 72.8 Å². The molecule has 0 aliphatic rings. The quantitative estimate of drug-likeness (QED) is 0.439. The zero-order chi connectivity index (χ0) is 21.8. The summed E-state index contributed by atoms with van der Waals surface area (Å²) in [6.45, 7) is 2.07. The maximum absolute atomic E-state index is 13.3. The van der Waals surface area contributed by atoms with Crippen molar-refractivity contribution in [2.75, 3.05) is 19.5 Å². The number of ether oxygens (including phenoxy) is 2. The van der Waals surface area contributed by atoms with Crippen LogP contribution in [0.15, 0.2) is 72.8 Å². The number of para-hydroxylation sites is 2. The molecule has 0 fully saturated rings. The predicted octanol–water partition coefficient (Wildman–Crippen LogP) is 5.73. The first-order valence-electron chi connectivity index (χ1n) is 10.2. The van der Waals surface area contributed by atoms with E-state index in [9.17, 15) is 4.79 Å². The van der Waals surface area contributed by atoms with E-state index in [4.69, 9.17) is 14.5 Å². The Balaban J connectivity index is 1.83. The molecule has 0 spiro atoms. The average molecular weight is 412 g/mol. The first-order chi connectivity index (χ1) is 15.1. The van der Waals surface area contributed by atoms with Crippen LogP contribution in [-0.2, 0) is 6.42 Å². The number of fused-ring (bicyclic) bond motifs is 1. The molecule has 0 atom stereocenters. The Labute approximate surface area is 181 Å². The molecular weight excluding hydrogens is 388 g/mol. The van der Waals surface area contributed by atoms with Crippen LogP contribution >= 0.6 is 0 Å². The van der Waals surface area contributed by atoms with Crippen LogP contribution in [0.3, 0.4) is 0 Å². The number of benzene rings is 3. The molecule has 0 saturated carbocycles. The highest BCUT2D eigenvalue weighted by Gasteiger charge is 2.17. The number of nitrogens with zero attached hydrogens (tertiary/aromatic N) is 1. The van der Waals surface area contributed by atoms with Crippen molar-refractivity contribution < 1.29 is 14.3 Å². The molecule has 156 valence electrons. The Morgan fingerprint density at radius 2 is 1.71 bits per heavy atom. The SMILES string of the molecule is CCc1ccccc1NC(=O)c1cc(-c2ccc(OC)cc2OC)nc2ccccc12. The molecule has 1 heterocycles. The van der Waals surface area contributed by atoms with Crippen molar-refractivity contribution in [1.82, 2.24) is 4.98 Å². The number of hydrogen-bond donors (Lipinski definition) is 1. The first kappa shape index (κ1) is 20.4. The number of aromatic nitrogens is 1. The van der Waals surface area contributed by atoms with Crippen molar-refractivity contribution in [3.05, 3.63) is 83.9 Å². The van der Waals surface area contributed by atoms with Gasteiger partial charge in [-0.2, -0.15) is 0 Å². The maximum atomic E-state index is 13.3. The van der Waals surface area contributed by atoms with Crippen LogP contribution in [0.2, 0.25) is 0 Å². The second-order valence-electron chi connectivity index (χ2n) is 7.10. The normalized spacial score (nSPS) is 10.7. The van der Waals surface area contributed by atoms with Gasteiger partial charge in [0.1, 0.15) is 11.5 Å². The standard InChI is InChI=1S/C26H24N2O3/c1-4-17-9-5-7-11-22(17)28-26(29)21-16-24(27-23-12-8-6-10-19(21)23)20-14-13-18(30-2)15-25(20)31-3/h5-16H,4H2,1-3H3,(H,28,29). The monoisotopic (exact) mass is 412 g/mol. The van der Waals surface area contributed by atoms with E-state index < -0.39 is 0 Å². The van der Waals surface area contributed by atoms with Crippen LogP contribution in [0, 0.1) is 0 Å². The van der Waals surface area contributed by atoms with E-state index in [-0.39, 0.29) is 5.91 Å². The number of rotatable bonds is 6. The van der Waals surface area contributed by atoms with Crippen LogP contribution in [0.1, 0.15) is 22.8 Å². The van der Waals surface area contributed by atoms with Crippen LogP contribution in [0.4, 0.5) is 5.69 Å². The Morgan fingerprint density at radius 1 is 0.935 bits per heavy atom. The highest BCUT2D eigenvalue weighted by molar-refractivity contribution is 6.13. The van der Waals surface area contributed by atoms with Gasteiger partial charge in [-0.25, -0.2) is 4.98 Å². The maximum Gasteiger partial charge on any atom is 0.256 e. The smallest absolute Gasteiger partial charge is 0.256 e. The van der Waals surface area contributed by atoms with Gasteiger partial charge in [0.25, 0.3) is 5.91 Å². The van der Waals surface area contributed by atoms with Gasteiger partial charge in [0.15, 0.2) is 0 Å². The molecule has 1 amide bonds. The van der Waals surface area contributed by atoms with Gasteiger partial charge in [0, 0.05) is 22.7 Å². The van der Waals surface area contributed by atoms with Crippen molar-refractivity contribution in [3.63, 3.8) is 0 Å². The summed E-state index contributed by atoms with van der Waals surface area (Å²) in [4.78, 5) is 18.1. The van der Waals surface area contributed by atoms with E-state index in [2.05, 4.69) is 12.2 Å². The predicted molar refractivity (Wildman–Crippen MR) is 124 cm³/mol. The largest absolute Gasteiger partial charge is 0.497 e. The summed E-state index contributed by atoms with van der Waals surface area (Å²) in [5.74, 6) is 1.15. The van der Waals surface area contributed by atoms with Crippen molar-refractivity contribution in [3.8, 4) is 22.8 Å². The molecule has 0 saturated heterocycles. The minimum Gasteiger partial charge on any atom is -0.497 e. The molecule has 1 aromatic heterocycles. The van der Waals surface area contributed by atoms with Crippen LogP contribution in [0.25, 0.3) is 22.2 Å². The molecule has 0 aliphatic heterocycles. The van der Waals surface area contributed by atoms with Crippen molar-refractivity contribution in [2.24, 2.45) is 0 Å². The van der Waals surface area contributed by atoms with Crippen molar-refractivity contribution in [1.29, 1.82) is 0 Å². The fourth-order valence-corrected chi connectivity index (χ4v) is 3.65. The number of nitrogens with one attached hydrogen (secondary N) is 1. The molecular formula is C26H24N2O3. The second kappa shape index (κ2) is 8.88. The molecule has 3 aromatic carbocycles. The highest BCUT2D eigenvalue weighted by Crippen LogP contribution is 2.34. The lowest BCUT2D eigenvalue weighted by Crippen LogP contribution is -2.14. The summed E-state index contributed by atoms with van der Waals surface area (Å²) in [5, 5.41) is 3.87. The van der Waals surface area contributed by atoms with Gasteiger partial charge in [-0.05, 0) is 42.3 Å². The van der Waals surface area contributed by atoms with Crippen molar-refractivity contribution >= 4 is 22.5 Å². The van der Waals surface area contributed by atoms with Gasteiger partial charge < -0.3 is 14.8 Å². The fraction of sp³-hybridized carbons (Fsp3) is 0.154. The second-order valence-corrected chi connectivity index (χ2v) is 7.10. The minimum absolute atomic E-state index is 0.173. The zero-order valence-electron chi connectivity index (χ0n) is 17.8. The van der Waals surface area contributed by atoms with Crippen LogP contribution < -0.4 is 14.8 Å². The highest BCUT2D eigenvalue weighted by atomic mass is 16.5. The molecule has 1 N–H and O–H groups in total. The van der Waals surface area contributed by atoms with E-state index in [1.54, 1.807) is 14.2 Å². The number of aryl methyl sites for hydroxylation is 1. The Bertz CT molecular complexity index is 1250. The summed E-state index contributed by atoms with van der Waals surface area (Å²) in [6, 6.07) is 22.9. The lowest BCUT2D eigenvalue weighted by Gasteiger charge is -2.14. The molecule has 31 heavy (non-hydrogen) atoms. The molecule has 4 aromatic rings. The van der Waals surface area contributed by atoms with Gasteiger partial charge in [-0.3, -0.25) is 4.79 Å². The van der Waals surface area contributed by atoms with Crippen molar-refractivity contribution in [2.45, 2.75) is 13.3 Å². The van der Waals surface area contributed by atoms with Gasteiger partial charge in [0.05, 0.1) is 31.0 Å². The number of hydrogen-bond acceptors (Lipinski definition) is 4. The molecule has 0 bridgehead atoms. The fourth-order valence-electron chi connectivity index (χ4n) is 3.65. The Hall–Kier alpha value is -3.86. The summed E-state index contributed by atoms with van der Waals surface area (Å²) < 4.78 is 10.9. The topological polar surface area (TPSA) is 60.5 Å². The summed E-state index contributed by atoms with van der Waals surface area (Å²) >= 11 is 0. The Morgan fingerprint density at radius 3 is 2.48 bits per heavy atom. The lowest BCUT2D eigenvalue weighted by molar-refractivity contribution is 0.102. The average Bonchev–Trinajstić information content (AvgIpc) is 2.83. The molecule has 5 nitrogen and oxygen atoms in total. The third-order valence-corrected chi connectivity index (χ3v) is 5.29. The van der Waals surface area contributed by atoms with Crippen LogP contribution in [0.5, 0.6) is 11.5 Å². The first-order valence-corrected chi connectivity index (χ1v) is 10.2. The van der Waals surface area contributed by atoms with E-state index in [1.165, 1.54) is 0 Å². The number of anilines is 1. The van der Waals surface area contributed by atoms with Gasteiger partial charge in [-0.1, -0.05) is 43.3 Å². The van der Waals surface area contributed by atoms with Gasteiger partial charge in [-0.15, -0.1) is 0 Å². The molecule has 0 radical (unpaired) electrons. The number of carbonyl (C=O) groups is 1. The number of carbonyl (C=O) groups excluding carboxylic acids is 1. The lowest BCUT2D eigenvalue weighted by atomic mass is 10.0. The zero-order valence-corrected chi connectivity index (χ0v) is 17.8. The van der Waals surface area contributed by atoms with Gasteiger partial charge >= 0.3 is 0 Å². The van der Waals surface area contributed by atoms with Crippen LogP contribution in [-0.4, -0.2) is 25.1 Å². The third-order valence-electron chi connectivity index (χ3n) is 5.29. The Kier molecular flexibility index (Phi) is 5.85. The van der Waals surface area contributed by atoms with E-state index in [0.29, 0.717) is 22.8 Å².